The minimum absolute atomic E-state index is 0.0359. The molecule has 5 nitrogen and oxygen atoms in total. The molecule has 1 atom stereocenters. The number of aryl methyl sites for hydroxylation is 2. The summed E-state index contributed by atoms with van der Waals surface area (Å²) in [6, 6.07) is 16.2. The topological polar surface area (TPSA) is 61.4 Å². The summed E-state index contributed by atoms with van der Waals surface area (Å²) in [6.07, 6.45) is 5.07. The Bertz CT molecular complexity index is 835. The number of rotatable bonds is 7. The average Bonchev–Trinajstić information content (AvgIpc) is 2.74. The molecule has 2 aromatic carbocycles. The first-order valence-corrected chi connectivity index (χ1v) is 10.5. The van der Waals surface area contributed by atoms with Crippen LogP contribution in [0.15, 0.2) is 48.5 Å². The molecular formula is C24H31N3O2. The molecule has 0 heterocycles. The van der Waals surface area contributed by atoms with Crippen molar-refractivity contribution >= 4 is 11.9 Å². The summed E-state index contributed by atoms with van der Waals surface area (Å²) in [4.78, 5) is 26.1. The van der Waals surface area contributed by atoms with Crippen molar-refractivity contribution < 1.29 is 9.59 Å². The fraction of sp³-hybridized carbons (Fsp3) is 0.417. The van der Waals surface area contributed by atoms with E-state index in [-0.39, 0.29) is 24.4 Å². The van der Waals surface area contributed by atoms with Gasteiger partial charge in [-0.05, 0) is 54.9 Å². The van der Waals surface area contributed by atoms with Crippen LogP contribution in [-0.2, 0) is 24.2 Å². The van der Waals surface area contributed by atoms with Crippen LogP contribution in [0.4, 0.5) is 4.79 Å². The van der Waals surface area contributed by atoms with Crippen LogP contribution in [0.2, 0.25) is 0 Å². The van der Waals surface area contributed by atoms with Crippen LogP contribution in [0, 0.1) is 0 Å². The zero-order valence-corrected chi connectivity index (χ0v) is 17.4. The highest BCUT2D eigenvalue weighted by molar-refractivity contribution is 5.78. The Labute approximate surface area is 173 Å². The van der Waals surface area contributed by atoms with E-state index < -0.39 is 0 Å². The van der Waals surface area contributed by atoms with E-state index in [1.54, 1.807) is 11.9 Å². The molecule has 0 bridgehead atoms. The van der Waals surface area contributed by atoms with Crippen LogP contribution in [0.5, 0.6) is 0 Å². The van der Waals surface area contributed by atoms with Gasteiger partial charge in [-0.3, -0.25) is 4.79 Å². The summed E-state index contributed by atoms with van der Waals surface area (Å²) in [7, 11) is 1.75. The van der Waals surface area contributed by atoms with Gasteiger partial charge in [-0.25, -0.2) is 4.79 Å². The highest BCUT2D eigenvalue weighted by Gasteiger charge is 2.15. The number of benzene rings is 2. The van der Waals surface area contributed by atoms with Gasteiger partial charge in [-0.2, -0.15) is 0 Å². The summed E-state index contributed by atoms with van der Waals surface area (Å²) >= 11 is 0. The second-order valence-electron chi connectivity index (χ2n) is 7.85. The van der Waals surface area contributed by atoms with Gasteiger partial charge in [0.15, 0.2) is 0 Å². The minimum Gasteiger partial charge on any atom is -0.350 e. The number of carbonyl (C=O) groups excluding carboxylic acids is 2. The Balaban J connectivity index is 1.40. The highest BCUT2D eigenvalue weighted by Crippen LogP contribution is 2.24. The van der Waals surface area contributed by atoms with Gasteiger partial charge in [0.25, 0.3) is 0 Å². The highest BCUT2D eigenvalue weighted by atomic mass is 16.2. The summed E-state index contributed by atoms with van der Waals surface area (Å²) < 4.78 is 0. The molecule has 29 heavy (non-hydrogen) atoms. The number of hydrogen-bond acceptors (Lipinski definition) is 2. The maximum atomic E-state index is 12.3. The first kappa shape index (κ1) is 20.9. The molecule has 5 heteroatoms. The molecule has 1 aliphatic rings. The molecular weight excluding hydrogens is 362 g/mol. The largest absolute Gasteiger partial charge is 0.350 e. The molecule has 3 amide bonds. The first-order valence-electron chi connectivity index (χ1n) is 10.5. The van der Waals surface area contributed by atoms with Crippen molar-refractivity contribution in [2.75, 3.05) is 13.6 Å². The minimum atomic E-state index is -0.176. The van der Waals surface area contributed by atoms with Crippen LogP contribution < -0.4 is 10.6 Å². The van der Waals surface area contributed by atoms with Crippen molar-refractivity contribution in [2.45, 2.75) is 51.6 Å². The van der Waals surface area contributed by atoms with Gasteiger partial charge >= 0.3 is 6.03 Å². The van der Waals surface area contributed by atoms with E-state index in [4.69, 9.17) is 0 Å². The standard InChI is InChI=1S/C24H31N3O2/c1-18(21-13-12-20-10-6-7-11-22(20)16-21)26-23(28)14-15-25-24(29)27(2)17-19-8-4-3-5-9-19/h3-5,8-9,12-13,16,18H,6-7,10-11,14-15,17H2,1-2H3,(H,25,29)(H,26,28). The maximum Gasteiger partial charge on any atom is 0.317 e. The van der Waals surface area contributed by atoms with Crippen LogP contribution in [-0.4, -0.2) is 30.4 Å². The van der Waals surface area contributed by atoms with Gasteiger partial charge in [0.05, 0.1) is 6.04 Å². The molecule has 0 saturated heterocycles. The van der Waals surface area contributed by atoms with Crippen molar-refractivity contribution in [3.05, 3.63) is 70.8 Å². The lowest BCUT2D eigenvalue weighted by molar-refractivity contribution is -0.121. The number of hydrogen-bond donors (Lipinski definition) is 2. The van der Waals surface area contributed by atoms with Crippen molar-refractivity contribution in [3.8, 4) is 0 Å². The Hall–Kier alpha value is -2.82. The zero-order valence-electron chi connectivity index (χ0n) is 17.4. The van der Waals surface area contributed by atoms with Gasteiger partial charge in [0.2, 0.25) is 5.91 Å². The second-order valence-corrected chi connectivity index (χ2v) is 7.85. The third kappa shape index (κ3) is 6.08. The quantitative estimate of drug-likeness (QED) is 0.748. The summed E-state index contributed by atoms with van der Waals surface area (Å²) in [5, 5.41) is 5.86. The Morgan fingerprint density at radius 3 is 2.52 bits per heavy atom. The molecule has 0 spiro atoms. The van der Waals surface area contributed by atoms with E-state index in [0.29, 0.717) is 13.1 Å². The smallest absolute Gasteiger partial charge is 0.317 e. The van der Waals surface area contributed by atoms with E-state index in [2.05, 4.69) is 28.8 Å². The average molecular weight is 394 g/mol. The summed E-state index contributed by atoms with van der Waals surface area (Å²) in [5.74, 6) is -0.0544. The second kappa shape index (κ2) is 10.1. The Morgan fingerprint density at radius 1 is 1.03 bits per heavy atom. The molecule has 0 fully saturated rings. The number of nitrogens with one attached hydrogen (secondary N) is 2. The Kier molecular flexibility index (Phi) is 7.28. The monoisotopic (exact) mass is 393 g/mol. The number of fused-ring (bicyclic) bond motifs is 1. The molecule has 154 valence electrons. The predicted molar refractivity (Wildman–Crippen MR) is 116 cm³/mol. The zero-order chi connectivity index (χ0) is 20.6. The number of urea groups is 1. The molecule has 0 aliphatic heterocycles. The van der Waals surface area contributed by atoms with Gasteiger partial charge in [0.1, 0.15) is 0 Å². The fourth-order valence-electron chi connectivity index (χ4n) is 3.77. The van der Waals surface area contributed by atoms with E-state index in [1.165, 1.54) is 24.0 Å². The molecule has 3 rings (SSSR count). The predicted octanol–water partition coefficient (Wildman–Crippen LogP) is 3.97. The molecule has 2 N–H and O–H groups in total. The van der Waals surface area contributed by atoms with Gasteiger partial charge in [0, 0.05) is 26.6 Å². The van der Waals surface area contributed by atoms with E-state index >= 15 is 0 Å². The number of nitrogens with zero attached hydrogens (tertiary/aromatic N) is 1. The van der Waals surface area contributed by atoms with Gasteiger partial charge in [-0.1, -0.05) is 48.5 Å². The van der Waals surface area contributed by atoms with Crippen LogP contribution >= 0.6 is 0 Å². The normalized spacial score (nSPS) is 13.9. The van der Waals surface area contributed by atoms with Crippen molar-refractivity contribution in [3.63, 3.8) is 0 Å². The SMILES string of the molecule is CC(NC(=O)CCNC(=O)N(C)Cc1ccccc1)c1ccc2c(c1)CCCC2. The van der Waals surface area contributed by atoms with Crippen LogP contribution in [0.25, 0.3) is 0 Å². The molecule has 1 aliphatic carbocycles. The Morgan fingerprint density at radius 2 is 1.76 bits per heavy atom. The lowest BCUT2D eigenvalue weighted by Gasteiger charge is -2.20. The molecule has 1 unspecified atom stereocenters. The van der Waals surface area contributed by atoms with Gasteiger partial charge in [-0.15, -0.1) is 0 Å². The van der Waals surface area contributed by atoms with E-state index in [0.717, 1.165) is 24.0 Å². The number of amides is 3. The molecule has 0 radical (unpaired) electrons. The third-order valence-electron chi connectivity index (χ3n) is 5.49. The number of carbonyl (C=O) groups is 2. The summed E-state index contributed by atoms with van der Waals surface area (Å²) in [5.41, 5.74) is 5.08. The lowest BCUT2D eigenvalue weighted by atomic mass is 9.89. The van der Waals surface area contributed by atoms with Crippen molar-refractivity contribution in [2.24, 2.45) is 0 Å². The van der Waals surface area contributed by atoms with Crippen molar-refractivity contribution in [1.29, 1.82) is 0 Å². The summed E-state index contributed by atoms with van der Waals surface area (Å²) in [6.45, 7) is 2.86. The molecule has 2 aromatic rings. The molecule has 0 saturated carbocycles. The van der Waals surface area contributed by atoms with Crippen LogP contribution in [0.3, 0.4) is 0 Å². The third-order valence-corrected chi connectivity index (χ3v) is 5.49. The first-order chi connectivity index (χ1) is 14.0. The van der Waals surface area contributed by atoms with Gasteiger partial charge < -0.3 is 15.5 Å². The van der Waals surface area contributed by atoms with Crippen LogP contribution in [0.1, 0.15) is 54.5 Å². The fourth-order valence-corrected chi connectivity index (χ4v) is 3.77. The van der Waals surface area contributed by atoms with Crippen molar-refractivity contribution in [1.82, 2.24) is 15.5 Å². The lowest BCUT2D eigenvalue weighted by Crippen LogP contribution is -2.39. The molecule has 0 aromatic heterocycles. The van der Waals surface area contributed by atoms with E-state index in [9.17, 15) is 9.59 Å². The maximum absolute atomic E-state index is 12.3. The van der Waals surface area contributed by atoms with E-state index in [1.807, 2.05) is 37.3 Å².